The van der Waals surface area contributed by atoms with Gasteiger partial charge in [-0.3, -0.25) is 0 Å². The highest BCUT2D eigenvalue weighted by atomic mass is 35.5. The molecule has 1 aromatic heterocycles. The first-order valence-electron chi connectivity index (χ1n) is 4.89. The minimum Gasteiger partial charge on any atom is -0.313 e. The maximum absolute atomic E-state index is 5.73. The molecule has 1 aromatic rings. The summed E-state index contributed by atoms with van der Waals surface area (Å²) in [6, 6.07) is 0.651. The van der Waals surface area contributed by atoms with Gasteiger partial charge in [-0.15, -0.1) is 23.7 Å². The molecule has 0 aliphatic carbocycles. The zero-order valence-corrected chi connectivity index (χ0v) is 10.7. The summed E-state index contributed by atoms with van der Waals surface area (Å²) in [6.07, 6.45) is 4.43. The highest BCUT2D eigenvalue weighted by Crippen LogP contribution is 2.17. The minimum atomic E-state index is 0. The minimum absolute atomic E-state index is 0. The third-order valence-electron chi connectivity index (χ3n) is 2.38. The summed E-state index contributed by atoms with van der Waals surface area (Å²) in [6.45, 7) is 3.08. The maximum Gasteiger partial charge on any atom is 0.183 e. The fraction of sp³-hybridized carbons (Fsp3) is 0.667. The molecule has 2 rings (SSSR count). The van der Waals surface area contributed by atoms with E-state index >= 15 is 0 Å². The number of hydrogen-bond donors (Lipinski definition) is 2. The molecule has 1 aliphatic heterocycles. The second-order valence-corrected chi connectivity index (χ2v) is 5.20. The van der Waals surface area contributed by atoms with Crippen LogP contribution in [0, 0.1) is 0 Å². The Balaban J connectivity index is 0.00000112. The largest absolute Gasteiger partial charge is 0.313 e. The van der Waals surface area contributed by atoms with Crippen LogP contribution in [0.3, 0.4) is 0 Å². The molecule has 0 radical (unpaired) electrons. The second kappa shape index (κ2) is 6.66. The zero-order valence-electron chi connectivity index (χ0n) is 8.33. The molecule has 0 amide bonds. The number of nitrogens with one attached hydrogen (secondary N) is 2. The standard InChI is InChI=1S/C9H14ClN3S.ClH/c10-9-13-6-8(14-9)5-11-4-7-2-1-3-12-7;/h6-7,11-12H,1-5H2;1H. The molecule has 0 spiro atoms. The molecule has 1 fully saturated rings. The summed E-state index contributed by atoms with van der Waals surface area (Å²) in [5.74, 6) is 0. The molecule has 6 heteroatoms. The summed E-state index contributed by atoms with van der Waals surface area (Å²) in [7, 11) is 0. The van der Waals surface area contributed by atoms with Crippen molar-refractivity contribution in [1.82, 2.24) is 15.6 Å². The van der Waals surface area contributed by atoms with E-state index in [-0.39, 0.29) is 12.4 Å². The van der Waals surface area contributed by atoms with Crippen LogP contribution in [0.2, 0.25) is 4.47 Å². The van der Waals surface area contributed by atoms with Crippen LogP contribution >= 0.6 is 35.3 Å². The first-order valence-corrected chi connectivity index (χ1v) is 6.08. The summed E-state index contributed by atoms with van der Waals surface area (Å²) in [5.41, 5.74) is 0. The van der Waals surface area contributed by atoms with Crippen LogP contribution in [0.15, 0.2) is 6.20 Å². The van der Waals surface area contributed by atoms with Crippen molar-refractivity contribution in [3.05, 3.63) is 15.5 Å². The Morgan fingerprint density at radius 3 is 3.13 bits per heavy atom. The molecule has 1 aliphatic rings. The van der Waals surface area contributed by atoms with E-state index in [1.165, 1.54) is 24.3 Å². The molecule has 86 valence electrons. The first kappa shape index (κ1) is 13.2. The Kier molecular flexibility index (Phi) is 5.86. The van der Waals surface area contributed by atoms with Gasteiger partial charge in [0, 0.05) is 30.2 Å². The normalized spacial score (nSPS) is 20.2. The fourth-order valence-electron chi connectivity index (χ4n) is 1.67. The maximum atomic E-state index is 5.73. The predicted molar refractivity (Wildman–Crippen MR) is 67.1 cm³/mol. The molecule has 1 saturated heterocycles. The molecule has 2 N–H and O–H groups in total. The third kappa shape index (κ3) is 4.25. The van der Waals surface area contributed by atoms with Crippen molar-refractivity contribution in [3.8, 4) is 0 Å². The Hall–Kier alpha value is 0.130. The molecular formula is C9H15Cl2N3S. The number of thiazole rings is 1. The van der Waals surface area contributed by atoms with Crippen LogP contribution in [0.4, 0.5) is 0 Å². The molecular weight excluding hydrogens is 253 g/mol. The van der Waals surface area contributed by atoms with Gasteiger partial charge in [-0.1, -0.05) is 11.6 Å². The predicted octanol–water partition coefficient (Wildman–Crippen LogP) is 2.06. The molecule has 15 heavy (non-hydrogen) atoms. The van der Waals surface area contributed by atoms with Crippen LogP contribution in [0.1, 0.15) is 17.7 Å². The van der Waals surface area contributed by atoms with Gasteiger partial charge in [-0.25, -0.2) is 4.98 Å². The van der Waals surface area contributed by atoms with Gasteiger partial charge in [0.15, 0.2) is 4.47 Å². The van der Waals surface area contributed by atoms with E-state index in [9.17, 15) is 0 Å². The van der Waals surface area contributed by atoms with Crippen molar-refractivity contribution < 1.29 is 0 Å². The number of hydrogen-bond acceptors (Lipinski definition) is 4. The van der Waals surface area contributed by atoms with Gasteiger partial charge in [0.1, 0.15) is 0 Å². The van der Waals surface area contributed by atoms with Gasteiger partial charge in [0.25, 0.3) is 0 Å². The van der Waals surface area contributed by atoms with E-state index in [4.69, 9.17) is 11.6 Å². The lowest BCUT2D eigenvalue weighted by Gasteiger charge is -2.09. The molecule has 2 heterocycles. The number of aromatic nitrogens is 1. The van der Waals surface area contributed by atoms with Crippen LogP contribution in [-0.4, -0.2) is 24.1 Å². The lowest BCUT2D eigenvalue weighted by molar-refractivity contribution is 0.537. The molecule has 3 nitrogen and oxygen atoms in total. The Morgan fingerprint density at radius 1 is 1.67 bits per heavy atom. The van der Waals surface area contributed by atoms with E-state index in [2.05, 4.69) is 15.6 Å². The van der Waals surface area contributed by atoms with Crippen molar-refractivity contribution in [2.75, 3.05) is 13.1 Å². The van der Waals surface area contributed by atoms with E-state index in [1.807, 2.05) is 6.20 Å². The smallest absolute Gasteiger partial charge is 0.183 e. The van der Waals surface area contributed by atoms with E-state index in [0.717, 1.165) is 13.1 Å². The monoisotopic (exact) mass is 267 g/mol. The van der Waals surface area contributed by atoms with Gasteiger partial charge >= 0.3 is 0 Å². The van der Waals surface area contributed by atoms with Crippen molar-refractivity contribution in [1.29, 1.82) is 0 Å². The van der Waals surface area contributed by atoms with Crippen molar-refractivity contribution in [2.45, 2.75) is 25.4 Å². The van der Waals surface area contributed by atoms with Crippen molar-refractivity contribution in [2.24, 2.45) is 0 Å². The highest BCUT2D eigenvalue weighted by Gasteiger charge is 2.12. The van der Waals surface area contributed by atoms with Crippen LogP contribution < -0.4 is 10.6 Å². The van der Waals surface area contributed by atoms with E-state index in [0.29, 0.717) is 10.5 Å². The molecule has 0 saturated carbocycles. The van der Waals surface area contributed by atoms with Crippen LogP contribution in [0.25, 0.3) is 0 Å². The second-order valence-electron chi connectivity index (χ2n) is 3.50. The number of halogens is 2. The fourth-order valence-corrected chi connectivity index (χ4v) is 2.61. The Labute approximate surface area is 105 Å². The summed E-state index contributed by atoms with van der Waals surface area (Å²) < 4.78 is 0.626. The van der Waals surface area contributed by atoms with Gasteiger partial charge in [-0.05, 0) is 19.4 Å². The summed E-state index contributed by atoms with van der Waals surface area (Å²) in [5, 5.41) is 6.85. The molecule has 0 aromatic carbocycles. The summed E-state index contributed by atoms with van der Waals surface area (Å²) >= 11 is 7.28. The number of rotatable bonds is 4. The van der Waals surface area contributed by atoms with Gasteiger partial charge in [-0.2, -0.15) is 0 Å². The van der Waals surface area contributed by atoms with E-state index < -0.39 is 0 Å². The quantitative estimate of drug-likeness (QED) is 0.877. The average Bonchev–Trinajstić information content (AvgIpc) is 2.77. The van der Waals surface area contributed by atoms with Crippen LogP contribution in [0.5, 0.6) is 0 Å². The summed E-state index contributed by atoms with van der Waals surface area (Å²) in [4.78, 5) is 5.20. The highest BCUT2D eigenvalue weighted by molar-refractivity contribution is 7.15. The Bertz CT molecular complexity index is 287. The van der Waals surface area contributed by atoms with Crippen molar-refractivity contribution >= 4 is 35.3 Å². The Morgan fingerprint density at radius 2 is 2.53 bits per heavy atom. The topological polar surface area (TPSA) is 37.0 Å². The van der Waals surface area contributed by atoms with Gasteiger partial charge in [0.2, 0.25) is 0 Å². The zero-order chi connectivity index (χ0) is 9.80. The lowest BCUT2D eigenvalue weighted by Crippen LogP contribution is -2.33. The van der Waals surface area contributed by atoms with Gasteiger partial charge in [0.05, 0.1) is 0 Å². The lowest BCUT2D eigenvalue weighted by atomic mass is 10.2. The van der Waals surface area contributed by atoms with Crippen LogP contribution in [-0.2, 0) is 6.54 Å². The van der Waals surface area contributed by atoms with Crippen molar-refractivity contribution in [3.63, 3.8) is 0 Å². The first-order chi connectivity index (χ1) is 6.84. The molecule has 1 atom stereocenters. The van der Waals surface area contributed by atoms with Gasteiger partial charge < -0.3 is 10.6 Å². The SMILES string of the molecule is Cl.Clc1ncc(CNCC2CCCN2)s1. The number of nitrogens with zero attached hydrogens (tertiary/aromatic N) is 1. The molecule has 1 unspecified atom stereocenters. The molecule has 0 bridgehead atoms. The van der Waals surface area contributed by atoms with E-state index in [1.54, 1.807) is 11.3 Å². The third-order valence-corrected chi connectivity index (χ3v) is 3.49. The average molecular weight is 268 g/mol.